The van der Waals surface area contributed by atoms with Crippen LogP contribution in [0.1, 0.15) is 68.5 Å². The zero-order valence-electron chi connectivity index (χ0n) is 20.0. The molecule has 0 radical (unpaired) electrons. The van der Waals surface area contributed by atoms with Gasteiger partial charge in [0.25, 0.3) is 11.8 Å². The van der Waals surface area contributed by atoms with E-state index in [4.69, 9.17) is 11.6 Å². The maximum absolute atomic E-state index is 12.8. The number of thiazole rings is 1. The van der Waals surface area contributed by atoms with Crippen LogP contribution in [0.2, 0.25) is 5.02 Å². The van der Waals surface area contributed by atoms with Crippen molar-refractivity contribution in [3.8, 4) is 5.75 Å². The van der Waals surface area contributed by atoms with Crippen LogP contribution in [0.3, 0.4) is 0 Å². The summed E-state index contributed by atoms with van der Waals surface area (Å²) < 4.78 is 0. The number of aryl methyl sites for hydroxylation is 1. The summed E-state index contributed by atoms with van der Waals surface area (Å²) in [6, 6.07) is 10.6. The Balaban J connectivity index is 1.76. The topological polar surface area (TPSA) is 129 Å². The molecule has 0 aliphatic heterocycles. The van der Waals surface area contributed by atoms with Crippen molar-refractivity contribution in [1.82, 2.24) is 15.6 Å². The average molecular weight is 528 g/mol. The van der Waals surface area contributed by atoms with Gasteiger partial charge in [-0.25, -0.2) is 9.78 Å². The summed E-state index contributed by atoms with van der Waals surface area (Å²) in [4.78, 5) is 42.4. The van der Waals surface area contributed by atoms with Crippen molar-refractivity contribution in [2.75, 3.05) is 0 Å². The lowest BCUT2D eigenvalue weighted by molar-refractivity contribution is -0.132. The van der Waals surface area contributed by atoms with E-state index < -0.39 is 17.8 Å². The molecule has 8 nitrogen and oxygen atoms in total. The van der Waals surface area contributed by atoms with E-state index >= 15 is 0 Å². The number of carboxylic acids is 1. The fraction of sp³-hybridized carbons (Fsp3) is 0.231. The second-order valence-corrected chi connectivity index (χ2v) is 9.75. The highest BCUT2D eigenvalue weighted by Crippen LogP contribution is 2.28. The van der Waals surface area contributed by atoms with Gasteiger partial charge in [0.2, 0.25) is 0 Å². The molecule has 0 aliphatic carbocycles. The number of nitrogens with one attached hydrogen (secondary N) is 2. The van der Waals surface area contributed by atoms with Crippen molar-refractivity contribution in [2.24, 2.45) is 0 Å². The quantitative estimate of drug-likeness (QED) is 0.291. The van der Waals surface area contributed by atoms with E-state index in [0.717, 1.165) is 17.1 Å². The van der Waals surface area contributed by atoms with Crippen molar-refractivity contribution in [3.63, 3.8) is 0 Å². The highest BCUT2D eigenvalue weighted by atomic mass is 35.5. The highest BCUT2D eigenvalue weighted by molar-refractivity contribution is 7.12. The zero-order valence-corrected chi connectivity index (χ0v) is 21.5. The smallest absolute Gasteiger partial charge is 0.352 e. The van der Waals surface area contributed by atoms with Crippen LogP contribution in [0.15, 0.2) is 48.2 Å². The molecular weight excluding hydrogens is 502 g/mol. The molecule has 10 heteroatoms. The molecule has 1 heterocycles. The molecule has 2 aromatic carbocycles. The SMILES string of the molecule is CCc1nc(C(C)C)c(/C=C(/NC(=O)c2ccc(C(=O)NCc3cccc(O)c3)cc2Cl)C(=O)O)s1. The number of carbonyl (C=O) groups is 3. The number of hydrogen-bond donors (Lipinski definition) is 4. The predicted molar refractivity (Wildman–Crippen MR) is 139 cm³/mol. The molecule has 0 saturated carbocycles. The molecule has 0 bridgehead atoms. The number of hydrogen-bond acceptors (Lipinski definition) is 6. The average Bonchev–Trinajstić information content (AvgIpc) is 3.25. The van der Waals surface area contributed by atoms with Gasteiger partial charge in [0.15, 0.2) is 0 Å². The predicted octanol–water partition coefficient (Wildman–Crippen LogP) is 4.97. The molecule has 0 aliphatic rings. The maximum Gasteiger partial charge on any atom is 0.352 e. The number of aromatic hydroxyl groups is 1. The molecule has 0 unspecified atom stereocenters. The van der Waals surface area contributed by atoms with Gasteiger partial charge in [-0.15, -0.1) is 11.3 Å². The lowest BCUT2D eigenvalue weighted by atomic mass is 10.1. The van der Waals surface area contributed by atoms with Crippen LogP contribution in [0.5, 0.6) is 5.75 Å². The third kappa shape index (κ3) is 6.71. The number of nitrogens with zero attached hydrogens (tertiary/aromatic N) is 1. The molecule has 188 valence electrons. The van der Waals surface area contributed by atoms with Crippen molar-refractivity contribution in [2.45, 2.75) is 39.7 Å². The van der Waals surface area contributed by atoms with E-state index in [1.165, 1.54) is 47.7 Å². The van der Waals surface area contributed by atoms with Crippen LogP contribution in [0.4, 0.5) is 0 Å². The number of phenols is 1. The highest BCUT2D eigenvalue weighted by Gasteiger charge is 2.20. The summed E-state index contributed by atoms with van der Waals surface area (Å²) in [6.07, 6.45) is 2.12. The Labute approximate surface area is 217 Å². The van der Waals surface area contributed by atoms with E-state index in [0.29, 0.717) is 10.4 Å². The fourth-order valence-corrected chi connectivity index (χ4v) is 4.69. The molecule has 3 rings (SSSR count). The van der Waals surface area contributed by atoms with Crippen LogP contribution in [-0.4, -0.2) is 33.0 Å². The molecule has 2 amide bonds. The molecule has 3 aromatic rings. The number of carboxylic acid groups (broad SMARTS) is 1. The third-order valence-electron chi connectivity index (χ3n) is 5.17. The first kappa shape index (κ1) is 26.9. The van der Waals surface area contributed by atoms with Crippen molar-refractivity contribution < 1.29 is 24.6 Å². The number of halogens is 1. The standard InChI is InChI=1S/C26H26ClN3O5S/c1-4-22-30-23(14(2)3)21(36-22)12-20(26(34)35)29-25(33)18-9-8-16(11-19(18)27)24(32)28-13-15-6-5-7-17(31)10-15/h5-12,14,31H,4,13H2,1-3H3,(H,28,32)(H,29,33)(H,34,35)/b20-12+. The Morgan fingerprint density at radius 3 is 2.50 bits per heavy atom. The normalized spacial score (nSPS) is 11.4. The van der Waals surface area contributed by atoms with Gasteiger partial charge in [0.1, 0.15) is 11.4 Å². The van der Waals surface area contributed by atoms with Crippen LogP contribution < -0.4 is 10.6 Å². The lowest BCUT2D eigenvalue weighted by Crippen LogP contribution is -2.28. The van der Waals surface area contributed by atoms with Gasteiger partial charge >= 0.3 is 5.97 Å². The second kappa shape index (κ2) is 11.8. The molecule has 0 spiro atoms. The number of phenolic OH excluding ortho intramolecular Hbond substituents is 1. The van der Waals surface area contributed by atoms with Crippen LogP contribution in [-0.2, 0) is 17.8 Å². The molecule has 0 fully saturated rings. The third-order valence-corrected chi connectivity index (χ3v) is 6.64. The summed E-state index contributed by atoms with van der Waals surface area (Å²) in [5, 5.41) is 25.2. The molecular formula is C26H26ClN3O5S. The summed E-state index contributed by atoms with van der Waals surface area (Å²) in [5.74, 6) is -2.26. The monoisotopic (exact) mass is 527 g/mol. The van der Waals surface area contributed by atoms with Gasteiger partial charge in [0.05, 0.1) is 26.2 Å². The van der Waals surface area contributed by atoms with Gasteiger partial charge in [-0.1, -0.05) is 44.5 Å². The molecule has 0 atom stereocenters. The van der Waals surface area contributed by atoms with Gasteiger partial charge in [-0.2, -0.15) is 0 Å². The van der Waals surface area contributed by atoms with E-state index in [1.807, 2.05) is 20.8 Å². The Bertz CT molecular complexity index is 1330. The molecule has 0 saturated heterocycles. The number of rotatable bonds is 9. The van der Waals surface area contributed by atoms with E-state index in [2.05, 4.69) is 15.6 Å². The number of amides is 2. The van der Waals surface area contributed by atoms with Gasteiger partial charge < -0.3 is 20.8 Å². The van der Waals surface area contributed by atoms with E-state index in [9.17, 15) is 24.6 Å². The summed E-state index contributed by atoms with van der Waals surface area (Å²) in [7, 11) is 0. The molecule has 4 N–H and O–H groups in total. The maximum atomic E-state index is 12.8. The lowest BCUT2D eigenvalue weighted by Gasteiger charge is -2.10. The minimum Gasteiger partial charge on any atom is -0.508 e. The number of benzene rings is 2. The van der Waals surface area contributed by atoms with Gasteiger partial charge in [-0.05, 0) is 54.3 Å². The van der Waals surface area contributed by atoms with Crippen LogP contribution in [0, 0.1) is 0 Å². The van der Waals surface area contributed by atoms with Gasteiger partial charge in [-0.3, -0.25) is 9.59 Å². The van der Waals surface area contributed by atoms with E-state index in [1.54, 1.807) is 12.1 Å². The first-order valence-corrected chi connectivity index (χ1v) is 12.4. The minimum atomic E-state index is -1.30. The number of carbonyl (C=O) groups excluding carboxylic acids is 2. The summed E-state index contributed by atoms with van der Waals surface area (Å²) >= 11 is 7.65. The van der Waals surface area contributed by atoms with E-state index in [-0.39, 0.29) is 40.1 Å². The fourth-order valence-electron chi connectivity index (χ4n) is 3.32. The number of aliphatic carboxylic acids is 1. The van der Waals surface area contributed by atoms with Crippen molar-refractivity contribution in [1.29, 1.82) is 0 Å². The first-order valence-electron chi connectivity index (χ1n) is 11.2. The molecule has 36 heavy (non-hydrogen) atoms. The Morgan fingerprint density at radius 1 is 1.14 bits per heavy atom. The first-order chi connectivity index (χ1) is 17.1. The van der Waals surface area contributed by atoms with Gasteiger partial charge in [0, 0.05) is 12.1 Å². The molecule has 1 aromatic heterocycles. The minimum absolute atomic E-state index is 0.00354. The Morgan fingerprint density at radius 2 is 1.89 bits per heavy atom. The van der Waals surface area contributed by atoms with Crippen molar-refractivity contribution >= 4 is 46.8 Å². The van der Waals surface area contributed by atoms with Crippen LogP contribution in [0.25, 0.3) is 6.08 Å². The van der Waals surface area contributed by atoms with Crippen LogP contribution >= 0.6 is 22.9 Å². The second-order valence-electron chi connectivity index (χ2n) is 8.23. The van der Waals surface area contributed by atoms with Crippen molar-refractivity contribution in [3.05, 3.63) is 85.5 Å². The summed E-state index contributed by atoms with van der Waals surface area (Å²) in [6.45, 7) is 6.09. The Kier molecular flexibility index (Phi) is 8.84. The largest absolute Gasteiger partial charge is 0.508 e. The summed E-state index contributed by atoms with van der Waals surface area (Å²) in [5.41, 5.74) is 1.42. The number of aromatic nitrogens is 1. The Hall–Kier alpha value is -3.69. The zero-order chi connectivity index (χ0) is 26.4.